The molecule has 2 fully saturated rings. The quantitative estimate of drug-likeness (QED) is 0.198. The van der Waals surface area contributed by atoms with Gasteiger partial charge in [0.15, 0.2) is 0 Å². The van der Waals surface area contributed by atoms with Crippen LogP contribution >= 0.6 is 0 Å². The van der Waals surface area contributed by atoms with Crippen LogP contribution in [0, 0.1) is 11.8 Å². The number of aliphatic hydroxyl groups is 1. The molecule has 3 N–H and O–H groups in total. The van der Waals surface area contributed by atoms with Crippen molar-refractivity contribution in [1.29, 1.82) is 0 Å². The summed E-state index contributed by atoms with van der Waals surface area (Å²) in [6.07, 6.45) is 5.84. The van der Waals surface area contributed by atoms with Crippen molar-refractivity contribution in [2.45, 2.75) is 130 Å². The molecule has 2 saturated heterocycles. The first-order valence-corrected chi connectivity index (χ1v) is 20.3. The van der Waals surface area contributed by atoms with Gasteiger partial charge in [0.05, 0.1) is 54.9 Å². The number of likely N-dealkylation sites (tertiary alicyclic amines) is 1. The molecular weight excluding hydrogens is 700 g/mol. The lowest BCUT2D eigenvalue weighted by atomic mass is 9.91. The number of hydrogen-bond donors (Lipinski definition) is 3. The fourth-order valence-electron chi connectivity index (χ4n) is 7.63. The number of ether oxygens (including phenoxy) is 2. The summed E-state index contributed by atoms with van der Waals surface area (Å²) in [4.78, 5) is 56.8. The van der Waals surface area contributed by atoms with Crippen LogP contribution in [-0.4, -0.2) is 152 Å². The number of piperazine rings is 1. The van der Waals surface area contributed by atoms with E-state index in [1.165, 1.54) is 6.42 Å². The Hall–Kier alpha value is -3.26. The predicted molar refractivity (Wildman–Crippen MR) is 220 cm³/mol. The summed E-state index contributed by atoms with van der Waals surface area (Å²) in [6, 6.07) is 9.13. The van der Waals surface area contributed by atoms with Crippen molar-refractivity contribution in [3.05, 3.63) is 35.9 Å². The Kier molecular flexibility index (Phi) is 23.4. The topological polar surface area (TPSA) is 144 Å². The lowest BCUT2D eigenvalue weighted by Gasteiger charge is -2.46. The van der Waals surface area contributed by atoms with E-state index in [0.29, 0.717) is 25.4 Å². The molecule has 1 aromatic carbocycles. The molecule has 0 spiro atoms. The highest BCUT2D eigenvalue weighted by molar-refractivity contribution is 5.84. The molecule has 3 rings (SSSR count). The van der Waals surface area contributed by atoms with E-state index in [9.17, 15) is 24.3 Å². The molecule has 13 heteroatoms. The molecule has 0 aliphatic carbocycles. The highest BCUT2D eigenvalue weighted by atomic mass is 16.5. The molecule has 0 bridgehead atoms. The Labute approximate surface area is 332 Å². The highest BCUT2D eigenvalue weighted by Gasteiger charge is 2.38. The second-order valence-electron chi connectivity index (χ2n) is 15.8. The molecule has 1 aromatic rings. The minimum atomic E-state index is -0.416. The van der Waals surface area contributed by atoms with E-state index in [-0.39, 0.29) is 66.9 Å². The van der Waals surface area contributed by atoms with Crippen molar-refractivity contribution in [2.75, 3.05) is 67.6 Å². The molecule has 0 saturated carbocycles. The van der Waals surface area contributed by atoms with Crippen molar-refractivity contribution in [2.24, 2.45) is 11.8 Å². The largest absolute Gasteiger partial charge is 0.394 e. The van der Waals surface area contributed by atoms with Crippen LogP contribution < -0.4 is 10.6 Å². The second kappa shape index (κ2) is 25.8. The zero-order valence-electron chi connectivity index (χ0n) is 36.2. The van der Waals surface area contributed by atoms with E-state index in [4.69, 9.17) is 9.47 Å². The fourth-order valence-corrected chi connectivity index (χ4v) is 7.63. The Bertz CT molecular complexity index is 1250. The Morgan fingerprint density at radius 2 is 1.65 bits per heavy atom. The van der Waals surface area contributed by atoms with E-state index in [2.05, 4.69) is 71.0 Å². The van der Waals surface area contributed by atoms with Crippen LogP contribution in [0.15, 0.2) is 30.3 Å². The molecule has 0 radical (unpaired) electrons. The number of rotatable bonds is 17. The van der Waals surface area contributed by atoms with Crippen molar-refractivity contribution < 1.29 is 33.8 Å². The highest BCUT2D eigenvalue weighted by Crippen LogP contribution is 2.26. The molecule has 6 unspecified atom stereocenters. The minimum absolute atomic E-state index is 0.00480. The average molecular weight is 777 g/mol. The number of aliphatic hydroxyl groups excluding tert-OH is 1. The molecule has 2 aliphatic rings. The number of likely N-dealkylation sites (N-methyl/N-ethyl adjacent to an activating group) is 2. The summed E-state index contributed by atoms with van der Waals surface area (Å²) in [7, 11) is 7.14. The van der Waals surface area contributed by atoms with E-state index >= 15 is 0 Å². The fraction of sp³-hybridized carbons (Fsp3) is 0.762. The van der Waals surface area contributed by atoms with Gasteiger partial charge < -0.3 is 44.8 Å². The van der Waals surface area contributed by atoms with Crippen LogP contribution in [0.5, 0.6) is 0 Å². The van der Waals surface area contributed by atoms with Gasteiger partial charge in [-0.15, -0.1) is 0 Å². The SMILES string of the molecule is CCC.CCC(C)C(C(CC)OC)N(C)C(=O)CNC(=O)N1CCN(C)CC1(C)C.COC(C(C)C(=O)N[C@H](CO)Cc1ccccc1)C1CCCN1C=O. The minimum Gasteiger partial charge on any atom is -0.394 e. The maximum absolute atomic E-state index is 12.8. The lowest BCUT2D eigenvalue weighted by Crippen LogP contribution is -2.62. The normalized spacial score (nSPS) is 19.9. The van der Waals surface area contributed by atoms with E-state index < -0.39 is 5.92 Å². The lowest BCUT2D eigenvalue weighted by molar-refractivity contribution is -0.135. The van der Waals surface area contributed by atoms with Crippen molar-refractivity contribution in [3.8, 4) is 0 Å². The number of urea groups is 1. The van der Waals surface area contributed by atoms with Crippen LogP contribution in [0.2, 0.25) is 0 Å². The van der Waals surface area contributed by atoms with E-state index in [1.54, 1.807) is 24.0 Å². The molecular formula is C42H76N6O7. The Morgan fingerprint density at radius 1 is 1.02 bits per heavy atom. The smallest absolute Gasteiger partial charge is 0.318 e. The number of methoxy groups -OCH3 is 2. The molecule has 2 heterocycles. The number of amides is 5. The summed E-state index contributed by atoms with van der Waals surface area (Å²) >= 11 is 0. The predicted octanol–water partition coefficient (Wildman–Crippen LogP) is 4.41. The van der Waals surface area contributed by atoms with Gasteiger partial charge in [-0.25, -0.2) is 4.79 Å². The molecule has 13 nitrogen and oxygen atoms in total. The van der Waals surface area contributed by atoms with Gasteiger partial charge in [-0.05, 0) is 58.1 Å². The van der Waals surface area contributed by atoms with Crippen LogP contribution in [0.4, 0.5) is 4.79 Å². The van der Waals surface area contributed by atoms with Gasteiger partial charge in [-0.3, -0.25) is 14.4 Å². The van der Waals surface area contributed by atoms with Crippen LogP contribution in [0.3, 0.4) is 0 Å². The first-order chi connectivity index (χ1) is 26.1. The summed E-state index contributed by atoms with van der Waals surface area (Å²) in [6.45, 7) is 19.4. The zero-order valence-corrected chi connectivity index (χ0v) is 36.2. The number of benzene rings is 1. The average Bonchev–Trinajstić information content (AvgIpc) is 3.64. The van der Waals surface area contributed by atoms with Crippen LogP contribution in [0.1, 0.15) is 93.1 Å². The van der Waals surface area contributed by atoms with Gasteiger partial charge in [0, 0.05) is 47.4 Å². The monoisotopic (exact) mass is 777 g/mol. The van der Waals surface area contributed by atoms with E-state index in [1.807, 2.05) is 49.2 Å². The maximum Gasteiger partial charge on any atom is 0.318 e. The van der Waals surface area contributed by atoms with Crippen molar-refractivity contribution in [3.63, 3.8) is 0 Å². The standard InChI is InChI=1S/C20H40N4O3.C19H28N2O4.C3H8/c1-9-15(3)18(16(10-2)27-8)23(7)17(25)13-21-19(26)24-12-11-22(6)14-20(24,4)5;1-14(18(25-2)17-9-6-10-21(17)13-23)19(24)20-16(12-22)11-15-7-4-3-5-8-15;1-3-2/h15-16,18H,9-14H2,1-8H3,(H,21,26);3-5,7-8,13-14,16-18,22H,6,9-12H2,1-2H3,(H,20,24);3H2,1-2H3/t;14?,16-,17?,18?;/m.0./s1. The molecule has 7 atom stereocenters. The molecule has 55 heavy (non-hydrogen) atoms. The van der Waals surface area contributed by atoms with Gasteiger partial charge in [-0.2, -0.15) is 0 Å². The zero-order chi connectivity index (χ0) is 41.7. The maximum atomic E-state index is 12.8. The van der Waals surface area contributed by atoms with Gasteiger partial charge >= 0.3 is 6.03 Å². The van der Waals surface area contributed by atoms with Crippen LogP contribution in [0.25, 0.3) is 0 Å². The van der Waals surface area contributed by atoms with E-state index in [0.717, 1.165) is 50.7 Å². The Morgan fingerprint density at radius 3 is 2.16 bits per heavy atom. The number of carbonyl (C=O) groups is 4. The number of hydrogen-bond acceptors (Lipinski definition) is 8. The summed E-state index contributed by atoms with van der Waals surface area (Å²) in [5.41, 5.74) is 0.801. The summed E-state index contributed by atoms with van der Waals surface area (Å²) < 4.78 is 11.2. The third-order valence-corrected chi connectivity index (χ3v) is 10.8. The molecule has 316 valence electrons. The van der Waals surface area contributed by atoms with Crippen molar-refractivity contribution >= 4 is 24.3 Å². The molecule has 2 aliphatic heterocycles. The second-order valence-corrected chi connectivity index (χ2v) is 15.8. The van der Waals surface area contributed by atoms with Gasteiger partial charge in [0.25, 0.3) is 0 Å². The van der Waals surface area contributed by atoms with Crippen molar-refractivity contribution in [1.82, 2.24) is 30.2 Å². The first-order valence-electron chi connectivity index (χ1n) is 20.3. The summed E-state index contributed by atoms with van der Waals surface area (Å²) in [5, 5.41) is 15.3. The van der Waals surface area contributed by atoms with Gasteiger partial charge in [0.1, 0.15) is 0 Å². The summed E-state index contributed by atoms with van der Waals surface area (Å²) in [5.74, 6) is -0.354. The molecule has 0 aromatic heterocycles. The number of carbonyl (C=O) groups excluding carboxylic acids is 4. The van der Waals surface area contributed by atoms with Gasteiger partial charge in [0.2, 0.25) is 18.2 Å². The number of nitrogens with one attached hydrogen (secondary N) is 2. The Balaban J connectivity index is 0.000000514. The van der Waals surface area contributed by atoms with Gasteiger partial charge in [-0.1, -0.05) is 84.7 Å². The number of nitrogens with zero attached hydrogens (tertiary/aromatic N) is 4. The third kappa shape index (κ3) is 15.7. The van der Waals surface area contributed by atoms with Crippen LogP contribution in [-0.2, 0) is 30.3 Å². The first kappa shape index (κ1) is 49.8. The third-order valence-electron chi connectivity index (χ3n) is 10.8. The molecule has 5 amide bonds.